The molecule has 0 radical (unpaired) electrons. The normalized spacial score (nSPS) is 17.3. The van der Waals surface area contributed by atoms with E-state index in [-0.39, 0.29) is 5.91 Å². The maximum absolute atomic E-state index is 12.4. The van der Waals surface area contributed by atoms with Gasteiger partial charge < -0.3 is 5.32 Å². The van der Waals surface area contributed by atoms with Gasteiger partial charge in [-0.3, -0.25) is 4.79 Å². The first kappa shape index (κ1) is 14.8. The summed E-state index contributed by atoms with van der Waals surface area (Å²) in [6.07, 6.45) is 4.76. The first-order valence-corrected chi connectivity index (χ1v) is 8.95. The Bertz CT molecular complexity index is 647. The molecule has 2 aromatic rings. The molecule has 0 saturated carbocycles. The second-order valence-electron chi connectivity index (χ2n) is 5.54. The smallest absolute Gasteiger partial charge is 0.265 e. The molecule has 1 atom stereocenters. The molecule has 0 bridgehead atoms. The van der Waals surface area contributed by atoms with Crippen molar-refractivity contribution in [3.8, 4) is 0 Å². The largest absolute Gasteiger partial charge is 0.321 e. The number of fused-ring (bicyclic) bond motifs is 1. The van der Waals surface area contributed by atoms with Crippen LogP contribution in [0, 0.1) is 5.92 Å². The van der Waals surface area contributed by atoms with Crippen LogP contribution in [-0.2, 0) is 12.8 Å². The highest BCUT2D eigenvalue weighted by atomic mass is 79.9. The van der Waals surface area contributed by atoms with Gasteiger partial charge in [0.15, 0.2) is 0 Å². The van der Waals surface area contributed by atoms with Crippen molar-refractivity contribution in [1.82, 2.24) is 0 Å². The van der Waals surface area contributed by atoms with E-state index in [0.717, 1.165) is 33.8 Å². The van der Waals surface area contributed by atoms with E-state index in [1.54, 1.807) is 11.3 Å². The molecule has 2 nitrogen and oxygen atoms in total. The summed E-state index contributed by atoms with van der Waals surface area (Å²) in [6, 6.07) is 9.77. The average Bonchev–Trinajstić information content (AvgIpc) is 2.92. The summed E-state index contributed by atoms with van der Waals surface area (Å²) in [6.45, 7) is 2.25. The number of carbonyl (C=O) groups excluding carboxylic acids is 1. The molecule has 0 aliphatic heterocycles. The second kappa shape index (κ2) is 6.32. The number of rotatable bonds is 3. The van der Waals surface area contributed by atoms with Crippen LogP contribution in [0.15, 0.2) is 34.8 Å². The van der Waals surface area contributed by atoms with Gasteiger partial charge in [-0.05, 0) is 61.1 Å². The lowest BCUT2D eigenvalue weighted by Gasteiger charge is -2.19. The first-order chi connectivity index (χ1) is 10.2. The number of hydrogen-bond donors (Lipinski definition) is 1. The van der Waals surface area contributed by atoms with Gasteiger partial charge in [-0.1, -0.05) is 29.3 Å². The third-order valence-corrected chi connectivity index (χ3v) is 5.85. The fraction of sp³-hybridized carbons (Fsp3) is 0.353. The Kier molecular flexibility index (Phi) is 4.45. The minimum Gasteiger partial charge on any atom is -0.321 e. The van der Waals surface area contributed by atoms with E-state index in [9.17, 15) is 4.79 Å². The molecule has 1 N–H and O–H groups in total. The molecule has 1 aromatic heterocycles. The van der Waals surface area contributed by atoms with Gasteiger partial charge in [0.25, 0.3) is 5.91 Å². The topological polar surface area (TPSA) is 29.1 Å². The van der Waals surface area contributed by atoms with Crippen molar-refractivity contribution in [2.45, 2.75) is 32.6 Å². The van der Waals surface area contributed by atoms with Crippen molar-refractivity contribution in [1.29, 1.82) is 0 Å². The van der Waals surface area contributed by atoms with Gasteiger partial charge >= 0.3 is 0 Å². The highest BCUT2D eigenvalue weighted by molar-refractivity contribution is 9.10. The zero-order valence-electron chi connectivity index (χ0n) is 12.0. The number of aryl methyl sites for hydroxylation is 1. The molecule has 21 heavy (non-hydrogen) atoms. The van der Waals surface area contributed by atoms with E-state index in [1.165, 1.54) is 23.3 Å². The molecule has 4 heteroatoms. The van der Waals surface area contributed by atoms with Crippen molar-refractivity contribution in [3.05, 3.63) is 50.1 Å². The molecular formula is C17H18BrNOS. The summed E-state index contributed by atoms with van der Waals surface area (Å²) in [5.74, 6) is 0.791. The average molecular weight is 364 g/mol. The second-order valence-corrected chi connectivity index (χ2v) is 7.59. The van der Waals surface area contributed by atoms with Crippen LogP contribution in [0.25, 0.3) is 0 Å². The van der Waals surface area contributed by atoms with Crippen LogP contribution in [0.1, 0.15) is 39.9 Å². The monoisotopic (exact) mass is 363 g/mol. The van der Waals surface area contributed by atoms with Gasteiger partial charge in [0.1, 0.15) is 0 Å². The summed E-state index contributed by atoms with van der Waals surface area (Å²) in [5.41, 5.74) is 2.22. The molecule has 1 heterocycles. The van der Waals surface area contributed by atoms with Crippen LogP contribution in [0.3, 0.4) is 0 Å². The van der Waals surface area contributed by atoms with E-state index in [4.69, 9.17) is 0 Å². The molecule has 1 aliphatic carbocycles. The summed E-state index contributed by atoms with van der Waals surface area (Å²) in [7, 11) is 0. The van der Waals surface area contributed by atoms with Crippen molar-refractivity contribution < 1.29 is 4.79 Å². The Morgan fingerprint density at radius 2 is 2.14 bits per heavy atom. The highest BCUT2D eigenvalue weighted by Crippen LogP contribution is 2.33. The van der Waals surface area contributed by atoms with E-state index in [0.29, 0.717) is 0 Å². The molecule has 1 aliphatic rings. The van der Waals surface area contributed by atoms with Crippen LogP contribution in [0.2, 0.25) is 0 Å². The van der Waals surface area contributed by atoms with E-state index in [1.807, 2.05) is 24.3 Å². The predicted molar refractivity (Wildman–Crippen MR) is 92.2 cm³/mol. The zero-order chi connectivity index (χ0) is 14.8. The van der Waals surface area contributed by atoms with Crippen LogP contribution in [0.5, 0.6) is 0 Å². The Labute approximate surface area is 137 Å². The lowest BCUT2D eigenvalue weighted by Crippen LogP contribution is -2.11. The van der Waals surface area contributed by atoms with Crippen molar-refractivity contribution in [3.63, 3.8) is 0 Å². The minimum atomic E-state index is 0.00442. The minimum absolute atomic E-state index is 0.00442. The van der Waals surface area contributed by atoms with Gasteiger partial charge in [-0.25, -0.2) is 0 Å². The molecule has 0 spiro atoms. The molecule has 1 amide bonds. The van der Waals surface area contributed by atoms with E-state index >= 15 is 0 Å². The summed E-state index contributed by atoms with van der Waals surface area (Å²) < 4.78 is 1.01. The van der Waals surface area contributed by atoms with Crippen LogP contribution < -0.4 is 5.32 Å². The maximum Gasteiger partial charge on any atom is 0.265 e. The number of amides is 1. The van der Waals surface area contributed by atoms with Crippen LogP contribution in [-0.4, -0.2) is 5.91 Å². The van der Waals surface area contributed by atoms with Gasteiger partial charge in [0, 0.05) is 15.0 Å². The highest BCUT2D eigenvalue weighted by Gasteiger charge is 2.22. The molecule has 0 unspecified atom stereocenters. The fourth-order valence-electron chi connectivity index (χ4n) is 2.79. The summed E-state index contributed by atoms with van der Waals surface area (Å²) in [5, 5.41) is 2.97. The SMILES string of the molecule is CC[C@@H]1CCc2sc(C(=O)Nc3ccc(Br)cc3)cc2C1. The number of thiophene rings is 1. The Morgan fingerprint density at radius 1 is 1.38 bits per heavy atom. The standard InChI is InChI=1S/C17H18BrNOS/c1-2-11-3-8-15-12(9-11)10-16(21-15)17(20)19-14-6-4-13(18)5-7-14/h4-7,10-11H,2-3,8-9H2,1H3,(H,19,20)/t11-/m1/s1. The number of halogens is 1. The molecule has 3 rings (SSSR count). The number of benzene rings is 1. The van der Waals surface area contributed by atoms with Crippen LogP contribution >= 0.6 is 27.3 Å². The van der Waals surface area contributed by atoms with Gasteiger partial charge in [0.05, 0.1) is 4.88 Å². The molecule has 1 aromatic carbocycles. The van der Waals surface area contributed by atoms with Gasteiger partial charge in [0.2, 0.25) is 0 Å². The quantitative estimate of drug-likeness (QED) is 0.789. The van der Waals surface area contributed by atoms with Crippen molar-refractivity contribution in [2.75, 3.05) is 5.32 Å². The van der Waals surface area contributed by atoms with E-state index < -0.39 is 0 Å². The summed E-state index contributed by atoms with van der Waals surface area (Å²) in [4.78, 5) is 14.6. The fourth-order valence-corrected chi connectivity index (χ4v) is 4.15. The van der Waals surface area contributed by atoms with Crippen LogP contribution in [0.4, 0.5) is 5.69 Å². The lowest BCUT2D eigenvalue weighted by molar-refractivity contribution is 0.103. The number of carbonyl (C=O) groups is 1. The number of hydrogen-bond acceptors (Lipinski definition) is 2. The van der Waals surface area contributed by atoms with Gasteiger partial charge in [-0.15, -0.1) is 11.3 Å². The summed E-state index contributed by atoms with van der Waals surface area (Å²) >= 11 is 5.05. The molecular weight excluding hydrogens is 346 g/mol. The number of nitrogens with one attached hydrogen (secondary N) is 1. The Balaban J connectivity index is 1.74. The lowest BCUT2D eigenvalue weighted by atomic mass is 9.87. The predicted octanol–water partition coefficient (Wildman–Crippen LogP) is 5.28. The first-order valence-electron chi connectivity index (χ1n) is 7.34. The molecule has 0 fully saturated rings. The Hall–Kier alpha value is -1.13. The zero-order valence-corrected chi connectivity index (χ0v) is 14.4. The Morgan fingerprint density at radius 3 is 2.86 bits per heavy atom. The third kappa shape index (κ3) is 3.38. The van der Waals surface area contributed by atoms with Crippen molar-refractivity contribution in [2.24, 2.45) is 5.92 Å². The molecule has 0 saturated heterocycles. The van der Waals surface area contributed by atoms with E-state index in [2.05, 4.69) is 34.2 Å². The third-order valence-electron chi connectivity index (χ3n) is 4.09. The maximum atomic E-state index is 12.4. The van der Waals surface area contributed by atoms with Gasteiger partial charge in [-0.2, -0.15) is 0 Å². The molecule has 110 valence electrons. The number of anilines is 1. The van der Waals surface area contributed by atoms with Crippen molar-refractivity contribution >= 4 is 38.9 Å².